The summed E-state index contributed by atoms with van der Waals surface area (Å²) in [7, 11) is 3.41. The predicted octanol–water partition coefficient (Wildman–Crippen LogP) is 12.6. The van der Waals surface area contributed by atoms with Gasteiger partial charge in [0.05, 0.1) is 25.6 Å². The number of anilines is 6. The Kier molecular flexibility index (Phi) is 9.35. The molecule has 0 saturated carbocycles. The zero-order valence-electron chi connectivity index (χ0n) is 28.9. The van der Waals surface area contributed by atoms with Crippen LogP contribution < -0.4 is 19.3 Å². The van der Waals surface area contributed by atoms with Crippen LogP contribution in [-0.4, -0.2) is 14.2 Å². The lowest BCUT2D eigenvalue weighted by Crippen LogP contribution is -2.15. The van der Waals surface area contributed by atoms with Gasteiger partial charge < -0.3 is 19.3 Å². The summed E-state index contributed by atoms with van der Waals surface area (Å²) in [5.41, 5.74) is 13.2. The summed E-state index contributed by atoms with van der Waals surface area (Å²) in [6.45, 7) is 4.28. The molecule has 4 heteroatoms. The maximum absolute atomic E-state index is 5.57. The third-order valence-electron chi connectivity index (χ3n) is 8.95. The van der Waals surface area contributed by atoms with Crippen molar-refractivity contribution in [2.24, 2.45) is 0 Å². The second-order valence-corrected chi connectivity index (χ2v) is 12.3. The summed E-state index contributed by atoms with van der Waals surface area (Å²) in [6, 6.07) is 60.0. The largest absolute Gasteiger partial charge is 0.497 e. The molecule has 50 heavy (non-hydrogen) atoms. The first-order valence-electron chi connectivity index (χ1n) is 16.8. The van der Waals surface area contributed by atoms with Crippen molar-refractivity contribution in [2.45, 2.75) is 13.8 Å². The first-order chi connectivity index (χ1) is 24.5. The minimum Gasteiger partial charge on any atom is -0.497 e. The van der Waals surface area contributed by atoms with E-state index in [9.17, 15) is 0 Å². The van der Waals surface area contributed by atoms with Crippen LogP contribution in [0.3, 0.4) is 0 Å². The van der Waals surface area contributed by atoms with Crippen molar-refractivity contribution in [3.8, 4) is 33.8 Å². The van der Waals surface area contributed by atoms with Crippen molar-refractivity contribution in [1.29, 1.82) is 0 Å². The zero-order chi connectivity index (χ0) is 34.5. The molecule has 7 aromatic rings. The SMILES string of the molecule is COc1ccc(N(c2cccc(C)c2)c2ccc(N(c3ccc(OC)cc3)c3cccc(C)c3)c(-c3ccccc3)c2-c2ccccc2)cc1. The normalized spacial score (nSPS) is 10.8. The van der Waals surface area contributed by atoms with Crippen LogP contribution in [0.1, 0.15) is 11.1 Å². The van der Waals surface area contributed by atoms with Gasteiger partial charge in [0, 0.05) is 33.9 Å². The molecule has 0 aliphatic carbocycles. The van der Waals surface area contributed by atoms with Gasteiger partial charge in [-0.25, -0.2) is 0 Å². The van der Waals surface area contributed by atoms with Crippen molar-refractivity contribution in [3.05, 3.63) is 181 Å². The summed E-state index contributed by atoms with van der Waals surface area (Å²) in [4.78, 5) is 4.71. The fourth-order valence-electron chi connectivity index (χ4n) is 6.60. The fourth-order valence-corrected chi connectivity index (χ4v) is 6.60. The van der Waals surface area contributed by atoms with Crippen LogP contribution in [0.5, 0.6) is 11.5 Å². The van der Waals surface area contributed by atoms with Crippen LogP contribution >= 0.6 is 0 Å². The Labute approximate surface area is 295 Å². The van der Waals surface area contributed by atoms with E-state index in [1.807, 2.05) is 24.3 Å². The number of benzene rings is 7. The van der Waals surface area contributed by atoms with Crippen molar-refractivity contribution in [1.82, 2.24) is 0 Å². The molecule has 246 valence electrons. The van der Waals surface area contributed by atoms with Gasteiger partial charge in [0.1, 0.15) is 11.5 Å². The average Bonchev–Trinajstić information content (AvgIpc) is 3.16. The Bertz CT molecular complexity index is 2040. The molecule has 7 aromatic carbocycles. The lowest BCUT2D eigenvalue weighted by atomic mass is 9.89. The van der Waals surface area contributed by atoms with Crippen molar-refractivity contribution in [3.63, 3.8) is 0 Å². The number of rotatable bonds is 10. The van der Waals surface area contributed by atoms with Gasteiger partial charge in [-0.1, -0.05) is 84.9 Å². The third kappa shape index (κ3) is 6.56. The molecular weight excluding hydrogens is 613 g/mol. The molecule has 0 saturated heterocycles. The molecule has 0 radical (unpaired) electrons. The molecule has 4 nitrogen and oxygen atoms in total. The van der Waals surface area contributed by atoms with E-state index in [4.69, 9.17) is 9.47 Å². The summed E-state index contributed by atoms with van der Waals surface area (Å²) in [5, 5.41) is 0. The molecule has 0 fully saturated rings. The Balaban J connectivity index is 1.60. The second kappa shape index (κ2) is 14.5. The molecule has 0 bridgehead atoms. The number of ether oxygens (including phenoxy) is 2. The van der Waals surface area contributed by atoms with E-state index in [-0.39, 0.29) is 0 Å². The van der Waals surface area contributed by atoms with Crippen LogP contribution in [0.25, 0.3) is 22.3 Å². The van der Waals surface area contributed by atoms with Crippen LogP contribution in [0.2, 0.25) is 0 Å². The van der Waals surface area contributed by atoms with E-state index in [2.05, 4.69) is 169 Å². The van der Waals surface area contributed by atoms with Crippen LogP contribution in [0.4, 0.5) is 34.1 Å². The van der Waals surface area contributed by atoms with Crippen LogP contribution in [-0.2, 0) is 0 Å². The van der Waals surface area contributed by atoms with Crippen molar-refractivity contribution >= 4 is 34.1 Å². The zero-order valence-corrected chi connectivity index (χ0v) is 28.9. The van der Waals surface area contributed by atoms with Gasteiger partial charge >= 0.3 is 0 Å². The number of aryl methyl sites for hydroxylation is 2. The topological polar surface area (TPSA) is 24.9 Å². The monoisotopic (exact) mass is 652 g/mol. The fraction of sp³-hybridized carbons (Fsp3) is 0.0870. The minimum atomic E-state index is 0.815. The number of methoxy groups -OCH3 is 2. The molecule has 0 unspecified atom stereocenters. The van der Waals surface area contributed by atoms with Crippen molar-refractivity contribution in [2.75, 3.05) is 24.0 Å². The van der Waals surface area contributed by atoms with Crippen LogP contribution in [0.15, 0.2) is 170 Å². The molecule has 0 aliphatic heterocycles. The lowest BCUT2D eigenvalue weighted by molar-refractivity contribution is 0.414. The summed E-state index contributed by atoms with van der Waals surface area (Å²) >= 11 is 0. The van der Waals surface area contributed by atoms with E-state index in [1.54, 1.807) is 14.2 Å². The minimum absolute atomic E-state index is 0.815. The molecule has 0 heterocycles. The Morgan fingerprint density at radius 3 is 1.08 bits per heavy atom. The standard InChI is InChI=1S/C46H40N2O2/c1-33-13-11-19-39(31-33)47(37-21-25-41(49-3)26-22-37)43-29-30-44(46(36-17-9-6-10-18-36)45(43)35-15-7-5-8-16-35)48(40-20-12-14-34(2)32-40)38-23-27-42(50-4)28-24-38/h5-32H,1-4H3. The van der Waals surface area contributed by atoms with Gasteiger partial charge in [0.25, 0.3) is 0 Å². The summed E-state index contributed by atoms with van der Waals surface area (Å²) < 4.78 is 11.1. The quantitative estimate of drug-likeness (QED) is 0.147. The molecule has 0 N–H and O–H groups in total. The molecule has 0 atom stereocenters. The molecule has 0 aromatic heterocycles. The molecule has 0 amide bonds. The highest BCUT2D eigenvalue weighted by Crippen LogP contribution is 2.51. The average molecular weight is 653 g/mol. The van der Waals surface area contributed by atoms with Gasteiger partial charge in [0.15, 0.2) is 0 Å². The molecule has 0 spiro atoms. The highest BCUT2D eigenvalue weighted by molar-refractivity contribution is 6.04. The van der Waals surface area contributed by atoms with Gasteiger partial charge in [-0.15, -0.1) is 0 Å². The first kappa shape index (κ1) is 32.3. The predicted molar refractivity (Wildman–Crippen MR) is 209 cm³/mol. The summed E-state index contributed by atoms with van der Waals surface area (Å²) in [5.74, 6) is 1.63. The second-order valence-electron chi connectivity index (χ2n) is 12.3. The van der Waals surface area contributed by atoms with Crippen molar-refractivity contribution < 1.29 is 9.47 Å². The third-order valence-corrected chi connectivity index (χ3v) is 8.95. The smallest absolute Gasteiger partial charge is 0.119 e. The van der Waals surface area contributed by atoms with E-state index in [1.165, 1.54) is 11.1 Å². The van der Waals surface area contributed by atoms with E-state index in [0.29, 0.717) is 0 Å². The van der Waals surface area contributed by atoms with E-state index in [0.717, 1.165) is 67.9 Å². The highest BCUT2D eigenvalue weighted by Gasteiger charge is 2.26. The molecular formula is C46H40N2O2. The van der Waals surface area contributed by atoms with E-state index >= 15 is 0 Å². The van der Waals surface area contributed by atoms with Gasteiger partial charge in [-0.2, -0.15) is 0 Å². The van der Waals surface area contributed by atoms with Gasteiger partial charge in [0.2, 0.25) is 0 Å². The number of nitrogens with zero attached hydrogens (tertiary/aromatic N) is 2. The molecule has 0 aliphatic rings. The maximum atomic E-state index is 5.57. The number of hydrogen-bond donors (Lipinski definition) is 0. The lowest BCUT2D eigenvalue weighted by Gasteiger charge is -2.33. The Morgan fingerprint density at radius 2 is 0.740 bits per heavy atom. The first-order valence-corrected chi connectivity index (χ1v) is 16.8. The van der Waals surface area contributed by atoms with E-state index < -0.39 is 0 Å². The van der Waals surface area contributed by atoms with Gasteiger partial charge in [-0.3, -0.25) is 0 Å². The highest BCUT2D eigenvalue weighted by atomic mass is 16.5. The molecule has 7 rings (SSSR count). The van der Waals surface area contributed by atoms with Crippen LogP contribution in [0, 0.1) is 13.8 Å². The Hall–Kier alpha value is -6.26. The Morgan fingerprint density at radius 1 is 0.360 bits per heavy atom. The van der Waals surface area contributed by atoms with Gasteiger partial charge in [-0.05, 0) is 121 Å². The maximum Gasteiger partial charge on any atom is 0.119 e. The summed E-state index contributed by atoms with van der Waals surface area (Å²) in [6.07, 6.45) is 0. The number of hydrogen-bond acceptors (Lipinski definition) is 4.